The molecule has 0 spiro atoms. The zero-order chi connectivity index (χ0) is 25.4. The van der Waals surface area contributed by atoms with Crippen molar-refractivity contribution in [3.05, 3.63) is 11.3 Å². The molecule has 196 valence electrons. The van der Waals surface area contributed by atoms with Gasteiger partial charge in [-0.25, -0.2) is 14.6 Å². The van der Waals surface area contributed by atoms with Crippen LogP contribution in [0.3, 0.4) is 0 Å². The van der Waals surface area contributed by atoms with Crippen LogP contribution in [0, 0.1) is 11.8 Å². The zero-order valence-electron chi connectivity index (χ0n) is 22.2. The molecule has 1 aromatic rings. The molecule has 0 aromatic carbocycles. The van der Waals surface area contributed by atoms with E-state index in [1.165, 1.54) is 24.1 Å². The number of aromatic nitrogens is 2. The maximum atomic E-state index is 12.4. The molecule has 9 nitrogen and oxygen atoms in total. The molecule has 1 fully saturated rings. The fourth-order valence-electron chi connectivity index (χ4n) is 5.08. The molecule has 3 N–H and O–H groups in total. The Morgan fingerprint density at radius 3 is 2.46 bits per heavy atom. The van der Waals surface area contributed by atoms with E-state index in [1.807, 2.05) is 27.9 Å². The number of nitrogens with zero attached hydrogens (tertiary/aromatic N) is 3. The topological polar surface area (TPSA) is 108 Å². The molecule has 1 saturated carbocycles. The van der Waals surface area contributed by atoms with Crippen molar-refractivity contribution < 1.29 is 14.3 Å². The number of carbonyl (C=O) groups excluding carboxylic acids is 2. The maximum absolute atomic E-state index is 12.4. The van der Waals surface area contributed by atoms with Gasteiger partial charge in [-0.1, -0.05) is 13.8 Å². The largest absolute Gasteiger partial charge is 0.464 e. The first-order chi connectivity index (χ1) is 16.8. The zero-order valence-corrected chi connectivity index (χ0v) is 22.2. The van der Waals surface area contributed by atoms with Crippen LogP contribution in [-0.4, -0.2) is 61.3 Å². The van der Waals surface area contributed by atoms with Crippen molar-refractivity contribution in [1.82, 2.24) is 20.6 Å². The van der Waals surface area contributed by atoms with Gasteiger partial charge in [0.15, 0.2) is 0 Å². The van der Waals surface area contributed by atoms with Gasteiger partial charge in [-0.3, -0.25) is 0 Å². The van der Waals surface area contributed by atoms with Gasteiger partial charge in [0.05, 0.1) is 12.3 Å². The van der Waals surface area contributed by atoms with Crippen LogP contribution in [0.5, 0.6) is 0 Å². The molecule has 1 aromatic heterocycles. The second-order valence-corrected chi connectivity index (χ2v) is 10.5. The van der Waals surface area contributed by atoms with Gasteiger partial charge < -0.3 is 25.6 Å². The molecule has 2 aliphatic rings. The van der Waals surface area contributed by atoms with Crippen molar-refractivity contribution in [3.8, 4) is 0 Å². The lowest BCUT2D eigenvalue weighted by atomic mass is 9.86. The number of ether oxygens (including phenoxy) is 1. The average Bonchev–Trinajstić information content (AvgIpc) is 2.82. The monoisotopic (exact) mass is 488 g/mol. The smallest absolute Gasteiger partial charge is 0.328 e. The second kappa shape index (κ2) is 12.9. The summed E-state index contributed by atoms with van der Waals surface area (Å²) in [7, 11) is 4.10. The summed E-state index contributed by atoms with van der Waals surface area (Å²) in [4.78, 5) is 36.4. The van der Waals surface area contributed by atoms with E-state index in [-0.39, 0.29) is 17.9 Å². The van der Waals surface area contributed by atoms with Crippen molar-refractivity contribution in [3.63, 3.8) is 0 Å². The van der Waals surface area contributed by atoms with Crippen LogP contribution in [0.4, 0.5) is 16.6 Å². The van der Waals surface area contributed by atoms with E-state index in [0.717, 1.165) is 50.3 Å². The number of hydrogen-bond acceptors (Lipinski definition) is 7. The normalized spacial score (nSPS) is 20.5. The second-order valence-electron chi connectivity index (χ2n) is 10.5. The fourth-order valence-corrected chi connectivity index (χ4v) is 5.08. The minimum atomic E-state index is -0.612. The Labute approximate surface area is 210 Å². The molecule has 2 aliphatic carbocycles. The van der Waals surface area contributed by atoms with Crippen molar-refractivity contribution in [2.24, 2.45) is 11.8 Å². The summed E-state index contributed by atoms with van der Waals surface area (Å²) in [6.07, 6.45) is 9.14. The van der Waals surface area contributed by atoms with E-state index in [0.29, 0.717) is 31.5 Å². The average molecular weight is 489 g/mol. The third kappa shape index (κ3) is 7.97. The van der Waals surface area contributed by atoms with Crippen molar-refractivity contribution in [2.45, 2.75) is 90.6 Å². The molecule has 0 bridgehead atoms. The van der Waals surface area contributed by atoms with E-state index in [9.17, 15) is 9.59 Å². The summed E-state index contributed by atoms with van der Waals surface area (Å²) in [5.41, 5.74) is 2.50. The number of esters is 1. The predicted molar refractivity (Wildman–Crippen MR) is 139 cm³/mol. The Morgan fingerprint density at radius 1 is 1.09 bits per heavy atom. The van der Waals surface area contributed by atoms with E-state index in [2.05, 4.69) is 20.9 Å². The lowest BCUT2D eigenvalue weighted by Gasteiger charge is -2.30. The van der Waals surface area contributed by atoms with Gasteiger partial charge in [0.25, 0.3) is 0 Å². The molecule has 1 heterocycles. The Hall–Kier alpha value is -2.58. The summed E-state index contributed by atoms with van der Waals surface area (Å²) >= 11 is 0. The molecule has 1 atom stereocenters. The highest BCUT2D eigenvalue weighted by molar-refractivity contribution is 5.83. The van der Waals surface area contributed by atoms with Gasteiger partial charge in [-0.05, 0) is 76.5 Å². The van der Waals surface area contributed by atoms with Crippen LogP contribution in [0.15, 0.2) is 0 Å². The molecule has 9 heteroatoms. The molecule has 0 radical (unpaired) electrons. The van der Waals surface area contributed by atoms with Crippen LogP contribution in [0.25, 0.3) is 0 Å². The van der Waals surface area contributed by atoms with E-state index < -0.39 is 6.04 Å². The molecule has 0 aliphatic heterocycles. The Bertz CT molecular complexity index is 852. The molecule has 2 amide bonds. The van der Waals surface area contributed by atoms with E-state index in [1.54, 1.807) is 6.92 Å². The highest BCUT2D eigenvalue weighted by Crippen LogP contribution is 2.30. The number of urea groups is 1. The fraction of sp³-hybridized carbons (Fsp3) is 0.769. The van der Waals surface area contributed by atoms with Gasteiger partial charge in [0.2, 0.25) is 5.95 Å². The number of anilines is 2. The van der Waals surface area contributed by atoms with Crippen LogP contribution in [0.1, 0.15) is 77.0 Å². The number of rotatable bonds is 10. The molecule has 35 heavy (non-hydrogen) atoms. The van der Waals surface area contributed by atoms with Crippen molar-refractivity contribution in [2.75, 3.05) is 37.5 Å². The van der Waals surface area contributed by atoms with Crippen molar-refractivity contribution >= 4 is 23.8 Å². The third-order valence-corrected chi connectivity index (χ3v) is 6.90. The van der Waals surface area contributed by atoms with Gasteiger partial charge in [0.1, 0.15) is 11.9 Å². The minimum Gasteiger partial charge on any atom is -0.464 e. The number of amides is 2. The summed E-state index contributed by atoms with van der Waals surface area (Å²) in [6, 6.07) is -0.572. The van der Waals surface area contributed by atoms with E-state index in [4.69, 9.17) is 14.7 Å². The van der Waals surface area contributed by atoms with Crippen LogP contribution >= 0.6 is 0 Å². The number of carbonyl (C=O) groups is 2. The first-order valence-corrected chi connectivity index (χ1v) is 13.3. The first-order valence-electron chi connectivity index (χ1n) is 13.3. The Morgan fingerprint density at radius 2 is 1.80 bits per heavy atom. The predicted octanol–water partition coefficient (Wildman–Crippen LogP) is 3.67. The molecule has 0 saturated heterocycles. The molecule has 0 unspecified atom stereocenters. The SMILES string of the molecule is CCOC(=O)[C@H](CC(C)C)NC(=O)NCC1CCC(Nc2nc3c(c(N(C)C)n2)CCCC3)CC1. The molecule has 3 rings (SSSR count). The summed E-state index contributed by atoms with van der Waals surface area (Å²) in [5.74, 6) is 2.11. The van der Waals surface area contributed by atoms with Crippen LogP contribution in [-0.2, 0) is 22.4 Å². The number of hydrogen-bond donors (Lipinski definition) is 3. The van der Waals surface area contributed by atoms with Gasteiger partial charge in [0, 0.05) is 32.2 Å². The summed E-state index contributed by atoms with van der Waals surface area (Å²) < 4.78 is 5.11. The molecular weight excluding hydrogens is 444 g/mol. The number of fused-ring (bicyclic) bond motifs is 1. The van der Waals surface area contributed by atoms with E-state index >= 15 is 0 Å². The highest BCUT2D eigenvalue weighted by Gasteiger charge is 2.26. The summed E-state index contributed by atoms with van der Waals surface area (Å²) in [5, 5.41) is 9.34. The van der Waals surface area contributed by atoms with Gasteiger partial charge in [-0.2, -0.15) is 4.98 Å². The Balaban J connectivity index is 1.46. The molecular formula is C26H44N6O3. The van der Waals surface area contributed by atoms with Crippen molar-refractivity contribution in [1.29, 1.82) is 0 Å². The first kappa shape index (κ1) is 27.0. The number of nitrogens with one attached hydrogen (secondary N) is 3. The van der Waals surface area contributed by atoms with Gasteiger partial charge >= 0.3 is 12.0 Å². The lowest BCUT2D eigenvalue weighted by Crippen LogP contribution is -2.48. The standard InChI is InChI=1S/C26H44N6O3/c1-6-35-24(33)22(15-17(2)3)30-26(34)27-16-18-11-13-19(14-12-18)28-25-29-21-10-8-7-9-20(21)23(31-25)32(4)5/h17-19,22H,6-16H2,1-5H3,(H2,27,30,34)(H,28,29,31)/t18?,19?,22-/m0/s1. The van der Waals surface area contributed by atoms with Gasteiger partial charge in [-0.15, -0.1) is 0 Å². The number of aryl methyl sites for hydroxylation is 1. The summed E-state index contributed by atoms with van der Waals surface area (Å²) in [6.45, 7) is 6.73. The maximum Gasteiger partial charge on any atom is 0.328 e. The quantitative estimate of drug-likeness (QED) is 0.431. The Kier molecular flexibility index (Phi) is 9.98. The van der Waals surface area contributed by atoms with Crippen LogP contribution in [0.2, 0.25) is 0 Å². The third-order valence-electron chi connectivity index (χ3n) is 6.90. The lowest BCUT2D eigenvalue weighted by molar-refractivity contribution is -0.145. The highest BCUT2D eigenvalue weighted by atomic mass is 16.5. The minimum absolute atomic E-state index is 0.278. The van der Waals surface area contributed by atoms with Crippen LogP contribution < -0.4 is 20.9 Å².